The molecular formula is C17H16FN5O3S2. The van der Waals surface area contributed by atoms with Gasteiger partial charge in [0, 0.05) is 25.7 Å². The van der Waals surface area contributed by atoms with Crippen molar-refractivity contribution < 1.29 is 18.8 Å². The zero-order valence-corrected chi connectivity index (χ0v) is 16.4. The first-order valence-corrected chi connectivity index (χ1v) is 9.99. The Kier molecular flexibility index (Phi) is 6.47. The van der Waals surface area contributed by atoms with Gasteiger partial charge in [0.15, 0.2) is 5.16 Å². The molecule has 0 saturated carbocycles. The zero-order chi connectivity index (χ0) is 20.1. The van der Waals surface area contributed by atoms with Crippen molar-refractivity contribution in [3.8, 4) is 0 Å². The molecule has 0 bridgehead atoms. The number of hydrogen-bond donors (Lipinski definition) is 1. The van der Waals surface area contributed by atoms with E-state index in [1.54, 1.807) is 23.7 Å². The van der Waals surface area contributed by atoms with Gasteiger partial charge in [-0.3, -0.25) is 19.3 Å². The maximum absolute atomic E-state index is 13.7. The summed E-state index contributed by atoms with van der Waals surface area (Å²) in [5.41, 5.74) is 0.238. The highest BCUT2D eigenvalue weighted by Crippen LogP contribution is 2.32. The molecule has 0 atom stereocenters. The largest absolute Gasteiger partial charge is 0.354 e. The Labute approximate surface area is 168 Å². The quantitative estimate of drug-likeness (QED) is 0.539. The number of halogens is 1. The number of imide groups is 1. The SMILES string of the molecule is Cn1cnnc1SCC(=O)NCCN1C(=O)S/C(=C\c2ccccc2F)C1=O. The van der Waals surface area contributed by atoms with Gasteiger partial charge in [-0.2, -0.15) is 0 Å². The molecule has 3 amide bonds. The van der Waals surface area contributed by atoms with E-state index >= 15 is 0 Å². The number of benzene rings is 1. The molecular weight excluding hydrogens is 405 g/mol. The molecule has 28 heavy (non-hydrogen) atoms. The fourth-order valence-corrected chi connectivity index (χ4v) is 3.89. The molecule has 3 rings (SSSR count). The lowest BCUT2D eigenvalue weighted by Crippen LogP contribution is -2.37. The van der Waals surface area contributed by atoms with E-state index in [9.17, 15) is 18.8 Å². The Bertz CT molecular complexity index is 946. The van der Waals surface area contributed by atoms with Crippen LogP contribution in [0.25, 0.3) is 6.08 Å². The highest BCUT2D eigenvalue weighted by Gasteiger charge is 2.34. The van der Waals surface area contributed by atoms with E-state index in [0.29, 0.717) is 5.16 Å². The Balaban J connectivity index is 1.50. The van der Waals surface area contributed by atoms with Crippen molar-refractivity contribution in [1.82, 2.24) is 25.0 Å². The number of nitrogens with one attached hydrogen (secondary N) is 1. The number of carbonyl (C=O) groups is 3. The molecule has 1 aromatic carbocycles. The molecule has 1 aliphatic heterocycles. The molecule has 0 unspecified atom stereocenters. The second-order valence-corrected chi connectivity index (χ2v) is 7.65. The van der Waals surface area contributed by atoms with Gasteiger partial charge in [-0.05, 0) is 23.9 Å². The minimum atomic E-state index is -0.499. The summed E-state index contributed by atoms with van der Waals surface area (Å²) in [5, 5.41) is 10.4. The zero-order valence-electron chi connectivity index (χ0n) is 14.8. The number of hydrogen-bond acceptors (Lipinski definition) is 7. The van der Waals surface area contributed by atoms with Gasteiger partial charge in [0.1, 0.15) is 12.1 Å². The van der Waals surface area contributed by atoms with E-state index in [0.717, 1.165) is 16.7 Å². The van der Waals surface area contributed by atoms with Crippen LogP contribution in [-0.2, 0) is 16.6 Å². The molecule has 1 aromatic heterocycles. The third kappa shape index (κ3) is 4.78. The van der Waals surface area contributed by atoms with Gasteiger partial charge in [0.05, 0.1) is 10.7 Å². The number of aromatic nitrogens is 3. The summed E-state index contributed by atoms with van der Waals surface area (Å²) in [6.45, 7) is 0.170. The van der Waals surface area contributed by atoms with Gasteiger partial charge in [-0.15, -0.1) is 10.2 Å². The number of aryl methyl sites for hydroxylation is 1. The van der Waals surface area contributed by atoms with Gasteiger partial charge < -0.3 is 9.88 Å². The maximum atomic E-state index is 13.7. The Morgan fingerprint density at radius 2 is 2.14 bits per heavy atom. The standard InChI is InChI=1S/C17H16FN5O3S2/c1-22-10-20-21-16(22)27-9-14(24)19-6-7-23-15(25)13(28-17(23)26)8-11-4-2-3-5-12(11)18/h2-5,8,10H,6-7,9H2,1H3,(H,19,24)/b13-8-. The molecule has 146 valence electrons. The number of amides is 3. The average molecular weight is 421 g/mol. The summed E-state index contributed by atoms with van der Waals surface area (Å²) in [5.74, 6) is -1.08. The van der Waals surface area contributed by atoms with E-state index in [1.165, 1.54) is 36.3 Å². The Morgan fingerprint density at radius 3 is 2.86 bits per heavy atom. The molecule has 0 radical (unpaired) electrons. The van der Waals surface area contributed by atoms with Crippen LogP contribution in [-0.4, -0.2) is 55.6 Å². The van der Waals surface area contributed by atoms with Crippen LogP contribution in [0.3, 0.4) is 0 Å². The molecule has 2 heterocycles. The van der Waals surface area contributed by atoms with Crippen molar-refractivity contribution in [2.45, 2.75) is 5.16 Å². The van der Waals surface area contributed by atoms with E-state index in [1.807, 2.05) is 0 Å². The van der Waals surface area contributed by atoms with Crippen molar-refractivity contribution >= 4 is 46.7 Å². The van der Waals surface area contributed by atoms with Crippen LogP contribution in [0, 0.1) is 5.82 Å². The smallest absolute Gasteiger partial charge is 0.293 e. The first-order valence-electron chi connectivity index (χ1n) is 8.19. The predicted octanol–water partition coefficient (Wildman–Crippen LogP) is 1.90. The van der Waals surface area contributed by atoms with Gasteiger partial charge in [-0.25, -0.2) is 4.39 Å². The first-order chi connectivity index (χ1) is 13.5. The van der Waals surface area contributed by atoms with Crippen molar-refractivity contribution in [1.29, 1.82) is 0 Å². The lowest BCUT2D eigenvalue weighted by atomic mass is 10.2. The Morgan fingerprint density at radius 1 is 1.36 bits per heavy atom. The summed E-state index contributed by atoms with van der Waals surface area (Å²) < 4.78 is 15.4. The molecule has 0 spiro atoms. The van der Waals surface area contributed by atoms with Crippen molar-refractivity contribution in [3.63, 3.8) is 0 Å². The maximum Gasteiger partial charge on any atom is 0.293 e. The van der Waals surface area contributed by atoms with Gasteiger partial charge >= 0.3 is 0 Å². The summed E-state index contributed by atoms with van der Waals surface area (Å²) >= 11 is 1.98. The third-order valence-corrected chi connectivity index (χ3v) is 5.67. The molecule has 1 fully saturated rings. The van der Waals surface area contributed by atoms with Gasteiger partial charge in [-0.1, -0.05) is 30.0 Å². The first kappa shape index (κ1) is 20.1. The fourth-order valence-electron chi connectivity index (χ4n) is 2.32. The molecule has 2 aromatic rings. The van der Waals surface area contributed by atoms with E-state index < -0.39 is 17.0 Å². The van der Waals surface area contributed by atoms with Crippen LogP contribution in [0.2, 0.25) is 0 Å². The summed E-state index contributed by atoms with van der Waals surface area (Å²) in [6, 6.07) is 6.00. The monoisotopic (exact) mass is 421 g/mol. The van der Waals surface area contributed by atoms with Gasteiger partial charge in [0.25, 0.3) is 11.1 Å². The van der Waals surface area contributed by atoms with Crippen LogP contribution >= 0.6 is 23.5 Å². The molecule has 8 nitrogen and oxygen atoms in total. The minimum absolute atomic E-state index is 0.0413. The third-order valence-electron chi connectivity index (χ3n) is 3.73. The van der Waals surface area contributed by atoms with Crippen LogP contribution in [0.15, 0.2) is 40.7 Å². The van der Waals surface area contributed by atoms with Crippen molar-refractivity contribution in [2.75, 3.05) is 18.8 Å². The number of thioether (sulfide) groups is 2. The van der Waals surface area contributed by atoms with E-state index in [2.05, 4.69) is 15.5 Å². The summed E-state index contributed by atoms with van der Waals surface area (Å²) in [4.78, 5) is 37.5. The lowest BCUT2D eigenvalue weighted by Gasteiger charge is -2.12. The topological polar surface area (TPSA) is 97.2 Å². The van der Waals surface area contributed by atoms with Gasteiger partial charge in [0.2, 0.25) is 5.91 Å². The Hall–Kier alpha value is -2.66. The molecule has 1 saturated heterocycles. The molecule has 1 aliphatic rings. The summed E-state index contributed by atoms with van der Waals surface area (Å²) in [6.07, 6.45) is 2.89. The molecule has 1 N–H and O–H groups in total. The predicted molar refractivity (Wildman–Crippen MR) is 104 cm³/mol. The lowest BCUT2D eigenvalue weighted by molar-refractivity contribution is -0.123. The molecule has 0 aliphatic carbocycles. The van der Waals surface area contributed by atoms with Crippen LogP contribution in [0.5, 0.6) is 0 Å². The van der Waals surface area contributed by atoms with Crippen molar-refractivity contribution in [3.05, 3.63) is 46.9 Å². The highest BCUT2D eigenvalue weighted by molar-refractivity contribution is 8.18. The normalized spacial score (nSPS) is 15.5. The second kappa shape index (κ2) is 9.02. The highest BCUT2D eigenvalue weighted by atomic mass is 32.2. The second-order valence-electron chi connectivity index (χ2n) is 5.72. The van der Waals surface area contributed by atoms with E-state index in [-0.39, 0.29) is 35.2 Å². The van der Waals surface area contributed by atoms with Crippen LogP contribution in [0.4, 0.5) is 9.18 Å². The number of nitrogens with zero attached hydrogens (tertiary/aromatic N) is 4. The van der Waals surface area contributed by atoms with Crippen LogP contribution in [0.1, 0.15) is 5.56 Å². The number of carbonyl (C=O) groups excluding carboxylic acids is 3. The minimum Gasteiger partial charge on any atom is -0.354 e. The summed E-state index contributed by atoms with van der Waals surface area (Å²) in [7, 11) is 1.77. The van der Waals surface area contributed by atoms with Crippen LogP contribution < -0.4 is 5.32 Å². The fraction of sp³-hybridized carbons (Fsp3) is 0.235. The number of rotatable bonds is 7. The van der Waals surface area contributed by atoms with E-state index in [4.69, 9.17) is 0 Å². The molecule has 11 heteroatoms. The average Bonchev–Trinajstić information content (AvgIpc) is 3.19. The van der Waals surface area contributed by atoms with Crippen molar-refractivity contribution in [2.24, 2.45) is 7.05 Å².